The lowest BCUT2D eigenvalue weighted by atomic mass is 10.0. The molecule has 0 radical (unpaired) electrons. The summed E-state index contributed by atoms with van der Waals surface area (Å²) in [4.78, 5) is 0. The maximum Gasteiger partial charge on any atom is 0.134 e. The fourth-order valence-corrected chi connectivity index (χ4v) is 3.06. The Morgan fingerprint density at radius 3 is 2.79 bits per heavy atom. The van der Waals surface area contributed by atoms with E-state index in [1.165, 1.54) is 6.42 Å². The summed E-state index contributed by atoms with van der Waals surface area (Å²) in [7, 11) is 0. The van der Waals surface area contributed by atoms with Crippen LogP contribution in [0.5, 0.6) is 5.75 Å². The van der Waals surface area contributed by atoms with Crippen LogP contribution >= 0.6 is 31.9 Å². The van der Waals surface area contributed by atoms with Gasteiger partial charge in [0.1, 0.15) is 5.75 Å². The van der Waals surface area contributed by atoms with Crippen molar-refractivity contribution in [3.8, 4) is 5.75 Å². The van der Waals surface area contributed by atoms with Crippen LogP contribution in [0.15, 0.2) is 21.1 Å². The molecule has 4 heteroatoms. The van der Waals surface area contributed by atoms with Crippen LogP contribution in [0.4, 0.5) is 0 Å². The summed E-state index contributed by atoms with van der Waals surface area (Å²) in [5.74, 6) is 0.354. The highest BCUT2D eigenvalue weighted by molar-refractivity contribution is 9.11. The zero-order valence-corrected chi connectivity index (χ0v) is 10.7. The number of phenolic OH excluding ortho intramolecular Hbond substituents is 1. The van der Waals surface area contributed by atoms with Crippen LogP contribution in [0.25, 0.3) is 0 Å². The van der Waals surface area contributed by atoms with Gasteiger partial charge in [-0.15, -0.1) is 0 Å². The molecule has 0 aliphatic carbocycles. The topological polar surface area (TPSA) is 32.3 Å². The average molecular weight is 321 g/mol. The van der Waals surface area contributed by atoms with E-state index < -0.39 is 0 Å². The summed E-state index contributed by atoms with van der Waals surface area (Å²) in [5.41, 5.74) is 0.976. The third-order valence-electron chi connectivity index (χ3n) is 2.49. The predicted molar refractivity (Wildman–Crippen MR) is 63.5 cm³/mol. The standard InChI is InChI=1S/C10H11Br2NO/c11-6-4-7(9-2-1-3-13-9)10(14)8(12)5-6/h4-5,9,13-14H,1-3H2/t9-/m0/s1. The first-order chi connectivity index (χ1) is 6.68. The van der Waals surface area contributed by atoms with Crippen molar-refractivity contribution in [2.24, 2.45) is 0 Å². The van der Waals surface area contributed by atoms with E-state index in [1.54, 1.807) is 0 Å². The molecule has 0 unspecified atom stereocenters. The van der Waals surface area contributed by atoms with Crippen LogP contribution in [0.1, 0.15) is 24.4 Å². The monoisotopic (exact) mass is 319 g/mol. The average Bonchev–Trinajstić information content (AvgIpc) is 2.63. The Morgan fingerprint density at radius 2 is 2.14 bits per heavy atom. The molecule has 0 amide bonds. The van der Waals surface area contributed by atoms with E-state index in [4.69, 9.17) is 0 Å². The third kappa shape index (κ3) is 1.97. The van der Waals surface area contributed by atoms with E-state index in [9.17, 15) is 5.11 Å². The molecule has 1 aliphatic heterocycles. The van der Waals surface area contributed by atoms with Crippen LogP contribution in [-0.2, 0) is 0 Å². The van der Waals surface area contributed by atoms with Crippen molar-refractivity contribution >= 4 is 31.9 Å². The number of nitrogens with one attached hydrogen (secondary N) is 1. The van der Waals surface area contributed by atoms with Crippen molar-refractivity contribution in [2.75, 3.05) is 6.54 Å². The Labute approximate surface area is 100.0 Å². The summed E-state index contributed by atoms with van der Waals surface area (Å²) in [6, 6.07) is 4.13. The maximum absolute atomic E-state index is 9.87. The quantitative estimate of drug-likeness (QED) is 0.831. The van der Waals surface area contributed by atoms with E-state index in [-0.39, 0.29) is 0 Å². The molecule has 0 spiro atoms. The number of rotatable bonds is 1. The Kier molecular flexibility index (Phi) is 3.14. The van der Waals surface area contributed by atoms with E-state index in [1.807, 2.05) is 12.1 Å². The highest BCUT2D eigenvalue weighted by Gasteiger charge is 2.20. The van der Waals surface area contributed by atoms with Gasteiger partial charge in [0.15, 0.2) is 0 Å². The van der Waals surface area contributed by atoms with Gasteiger partial charge in [0.25, 0.3) is 0 Å². The molecule has 14 heavy (non-hydrogen) atoms. The van der Waals surface area contributed by atoms with Gasteiger partial charge in [-0.1, -0.05) is 15.9 Å². The second-order valence-corrected chi connectivity index (χ2v) is 5.24. The summed E-state index contributed by atoms with van der Waals surface area (Å²) in [6.45, 7) is 1.04. The minimum Gasteiger partial charge on any atom is -0.506 e. The highest BCUT2D eigenvalue weighted by Crippen LogP contribution is 2.37. The first-order valence-corrected chi connectivity index (χ1v) is 6.18. The van der Waals surface area contributed by atoms with Gasteiger partial charge in [-0.25, -0.2) is 0 Å². The number of hydrogen-bond acceptors (Lipinski definition) is 2. The molecule has 1 aliphatic rings. The van der Waals surface area contributed by atoms with Gasteiger partial charge in [0.05, 0.1) is 4.47 Å². The Morgan fingerprint density at radius 1 is 1.36 bits per heavy atom. The number of benzene rings is 1. The SMILES string of the molecule is Oc1c(Br)cc(Br)cc1[C@@H]1CCCN1. The fourth-order valence-electron chi connectivity index (χ4n) is 1.80. The van der Waals surface area contributed by atoms with Crippen molar-refractivity contribution in [3.05, 3.63) is 26.6 Å². The number of hydrogen-bond donors (Lipinski definition) is 2. The lowest BCUT2D eigenvalue weighted by Gasteiger charge is -2.14. The van der Waals surface area contributed by atoms with Crippen molar-refractivity contribution < 1.29 is 5.11 Å². The van der Waals surface area contributed by atoms with E-state index in [2.05, 4.69) is 37.2 Å². The van der Waals surface area contributed by atoms with Crippen LogP contribution in [0.3, 0.4) is 0 Å². The van der Waals surface area contributed by atoms with Gasteiger partial charge < -0.3 is 10.4 Å². The molecule has 0 bridgehead atoms. The molecule has 1 saturated heterocycles. The summed E-state index contributed by atoms with van der Waals surface area (Å²) in [5, 5.41) is 13.2. The molecule has 1 fully saturated rings. The second-order valence-electron chi connectivity index (χ2n) is 3.47. The molecule has 2 rings (SSSR count). The van der Waals surface area contributed by atoms with Crippen molar-refractivity contribution in [1.29, 1.82) is 0 Å². The van der Waals surface area contributed by atoms with Gasteiger partial charge in [-0.05, 0) is 47.4 Å². The van der Waals surface area contributed by atoms with Crippen molar-refractivity contribution in [3.63, 3.8) is 0 Å². The molecule has 1 aromatic rings. The smallest absolute Gasteiger partial charge is 0.134 e. The lowest BCUT2D eigenvalue weighted by Crippen LogP contribution is -2.13. The van der Waals surface area contributed by atoms with Gasteiger partial charge >= 0.3 is 0 Å². The largest absolute Gasteiger partial charge is 0.506 e. The van der Waals surface area contributed by atoms with Crippen LogP contribution in [0.2, 0.25) is 0 Å². The molecule has 0 aromatic heterocycles. The first kappa shape index (κ1) is 10.5. The van der Waals surface area contributed by atoms with Crippen molar-refractivity contribution in [2.45, 2.75) is 18.9 Å². The van der Waals surface area contributed by atoms with Crippen LogP contribution in [0, 0.1) is 0 Å². The molecule has 1 atom stereocenters. The number of phenols is 1. The fraction of sp³-hybridized carbons (Fsp3) is 0.400. The minimum atomic E-state index is 0.295. The summed E-state index contributed by atoms with van der Waals surface area (Å²) < 4.78 is 1.74. The predicted octanol–water partition coefficient (Wildman–Crippen LogP) is 3.34. The second kappa shape index (κ2) is 4.21. The molecule has 1 aromatic carbocycles. The Bertz CT molecular complexity index is 348. The molecule has 2 nitrogen and oxygen atoms in total. The van der Waals surface area contributed by atoms with E-state index >= 15 is 0 Å². The van der Waals surface area contributed by atoms with Crippen molar-refractivity contribution in [1.82, 2.24) is 5.32 Å². The molecule has 76 valence electrons. The third-order valence-corrected chi connectivity index (χ3v) is 3.56. The summed E-state index contributed by atoms with van der Waals surface area (Å²) in [6.07, 6.45) is 2.27. The molecule has 0 saturated carbocycles. The zero-order chi connectivity index (χ0) is 10.1. The molecular weight excluding hydrogens is 310 g/mol. The number of halogens is 2. The summed E-state index contributed by atoms with van der Waals surface area (Å²) >= 11 is 6.76. The molecule has 1 heterocycles. The van der Waals surface area contributed by atoms with Gasteiger partial charge in [0, 0.05) is 16.1 Å². The zero-order valence-electron chi connectivity index (χ0n) is 7.56. The van der Waals surface area contributed by atoms with E-state index in [0.29, 0.717) is 11.8 Å². The maximum atomic E-state index is 9.87. The van der Waals surface area contributed by atoms with E-state index in [0.717, 1.165) is 27.5 Å². The van der Waals surface area contributed by atoms with Gasteiger partial charge in [-0.3, -0.25) is 0 Å². The first-order valence-electron chi connectivity index (χ1n) is 4.60. The Balaban J connectivity index is 2.40. The van der Waals surface area contributed by atoms with Gasteiger partial charge in [-0.2, -0.15) is 0 Å². The Hall–Kier alpha value is -0.0600. The van der Waals surface area contributed by atoms with Crippen LogP contribution < -0.4 is 5.32 Å². The minimum absolute atomic E-state index is 0.295. The lowest BCUT2D eigenvalue weighted by molar-refractivity contribution is 0.453. The normalized spacial score (nSPS) is 21.4. The number of aromatic hydroxyl groups is 1. The molecular formula is C10H11Br2NO. The highest BCUT2D eigenvalue weighted by atomic mass is 79.9. The molecule has 2 N–H and O–H groups in total. The van der Waals surface area contributed by atoms with Crippen LogP contribution in [-0.4, -0.2) is 11.7 Å². The van der Waals surface area contributed by atoms with Gasteiger partial charge in [0.2, 0.25) is 0 Å².